The molecule has 2 amide bonds. The smallest absolute Gasteiger partial charge is 0.240 e. The first kappa shape index (κ1) is 17.4. The fourth-order valence-electron chi connectivity index (χ4n) is 2.48. The highest BCUT2D eigenvalue weighted by atomic mass is 16.5. The third-order valence-electron chi connectivity index (χ3n) is 3.54. The van der Waals surface area contributed by atoms with E-state index in [1.807, 2.05) is 13.8 Å². The van der Waals surface area contributed by atoms with E-state index in [0.717, 1.165) is 31.9 Å². The molecule has 0 spiro atoms. The summed E-state index contributed by atoms with van der Waals surface area (Å²) in [5.41, 5.74) is 0.730. The minimum Gasteiger partial charge on any atom is -0.353 e. The molecule has 8 heteroatoms. The molecule has 8 nitrogen and oxygen atoms in total. The zero-order valence-corrected chi connectivity index (χ0v) is 14.0. The van der Waals surface area contributed by atoms with Crippen LogP contribution in [0.3, 0.4) is 0 Å². The number of carbonyl (C=O) groups excluding carboxylic acids is 2. The second-order valence-corrected chi connectivity index (χ2v) is 6.16. The van der Waals surface area contributed by atoms with Gasteiger partial charge in [0.05, 0.1) is 18.8 Å². The fraction of sp³-hybridized carbons (Fsp3) is 0.667. The van der Waals surface area contributed by atoms with Gasteiger partial charge in [0.1, 0.15) is 0 Å². The normalized spacial score (nSPS) is 16.5. The maximum atomic E-state index is 12.0. The molecule has 0 aromatic carbocycles. The lowest BCUT2D eigenvalue weighted by Gasteiger charge is -2.33. The van der Waals surface area contributed by atoms with Gasteiger partial charge in [-0.3, -0.25) is 24.7 Å². The topological polar surface area (TPSA) is 90.7 Å². The quantitative estimate of drug-likeness (QED) is 0.769. The van der Waals surface area contributed by atoms with Crippen molar-refractivity contribution >= 4 is 17.7 Å². The molecule has 0 atom stereocenters. The Kier molecular flexibility index (Phi) is 6.12. The zero-order valence-electron chi connectivity index (χ0n) is 14.0. The number of rotatable bonds is 6. The predicted octanol–water partition coefficient (Wildman–Crippen LogP) is 0.0637. The van der Waals surface area contributed by atoms with Crippen molar-refractivity contribution < 1.29 is 14.1 Å². The Bertz CT molecular complexity index is 535. The van der Waals surface area contributed by atoms with E-state index in [9.17, 15) is 9.59 Å². The maximum absolute atomic E-state index is 12.0. The molecule has 0 aliphatic carbocycles. The lowest BCUT2D eigenvalue weighted by Crippen LogP contribution is -2.51. The number of piperazine rings is 1. The van der Waals surface area contributed by atoms with E-state index < -0.39 is 0 Å². The minimum atomic E-state index is -0.118. The van der Waals surface area contributed by atoms with Crippen LogP contribution < -0.4 is 10.6 Å². The Balaban J connectivity index is 1.68. The Labute approximate surface area is 136 Å². The largest absolute Gasteiger partial charge is 0.353 e. The van der Waals surface area contributed by atoms with Gasteiger partial charge in [-0.1, -0.05) is 5.16 Å². The van der Waals surface area contributed by atoms with E-state index in [2.05, 4.69) is 25.6 Å². The van der Waals surface area contributed by atoms with Crippen LogP contribution in [-0.4, -0.2) is 72.1 Å². The van der Waals surface area contributed by atoms with Gasteiger partial charge < -0.3 is 9.84 Å². The van der Waals surface area contributed by atoms with Crippen molar-refractivity contribution in [2.24, 2.45) is 0 Å². The molecule has 2 rings (SSSR count). The molecule has 128 valence electrons. The van der Waals surface area contributed by atoms with Crippen molar-refractivity contribution in [2.75, 3.05) is 44.6 Å². The van der Waals surface area contributed by atoms with Crippen LogP contribution in [0.5, 0.6) is 0 Å². The SMILES string of the molecule is Cc1cc(NC(=O)CN2CCN(CC(=O)NC(C)C)CC2)on1. The fourth-order valence-corrected chi connectivity index (χ4v) is 2.48. The molecular formula is C15H25N5O3. The van der Waals surface area contributed by atoms with Crippen LogP contribution >= 0.6 is 0 Å². The van der Waals surface area contributed by atoms with Crippen molar-refractivity contribution in [3.63, 3.8) is 0 Å². The number of hydrogen-bond donors (Lipinski definition) is 2. The van der Waals surface area contributed by atoms with Crippen LogP contribution in [-0.2, 0) is 9.59 Å². The van der Waals surface area contributed by atoms with Gasteiger partial charge in [0, 0.05) is 38.3 Å². The highest BCUT2D eigenvalue weighted by Crippen LogP contribution is 2.08. The van der Waals surface area contributed by atoms with Crippen LogP contribution in [0.4, 0.5) is 5.88 Å². The molecule has 0 radical (unpaired) electrons. The molecule has 1 saturated heterocycles. The van der Waals surface area contributed by atoms with Crippen molar-refractivity contribution in [3.05, 3.63) is 11.8 Å². The molecular weight excluding hydrogens is 298 g/mol. The van der Waals surface area contributed by atoms with Gasteiger partial charge in [0.15, 0.2) is 0 Å². The number of aryl methyl sites for hydroxylation is 1. The van der Waals surface area contributed by atoms with Gasteiger partial charge in [-0.25, -0.2) is 0 Å². The van der Waals surface area contributed by atoms with Crippen LogP contribution in [0, 0.1) is 6.92 Å². The number of carbonyl (C=O) groups is 2. The molecule has 2 N–H and O–H groups in total. The van der Waals surface area contributed by atoms with Crippen LogP contribution in [0.1, 0.15) is 19.5 Å². The molecule has 1 aliphatic heterocycles. The van der Waals surface area contributed by atoms with E-state index in [1.54, 1.807) is 13.0 Å². The van der Waals surface area contributed by atoms with E-state index in [4.69, 9.17) is 4.52 Å². The number of amides is 2. The average Bonchev–Trinajstić information content (AvgIpc) is 2.85. The van der Waals surface area contributed by atoms with E-state index >= 15 is 0 Å². The summed E-state index contributed by atoms with van der Waals surface area (Å²) in [5, 5.41) is 9.30. The van der Waals surface area contributed by atoms with Crippen molar-refractivity contribution in [1.82, 2.24) is 20.3 Å². The molecule has 23 heavy (non-hydrogen) atoms. The van der Waals surface area contributed by atoms with Gasteiger partial charge >= 0.3 is 0 Å². The Morgan fingerprint density at radius 1 is 1.17 bits per heavy atom. The summed E-state index contributed by atoms with van der Waals surface area (Å²) < 4.78 is 4.96. The van der Waals surface area contributed by atoms with E-state index in [1.165, 1.54) is 0 Å². The zero-order chi connectivity index (χ0) is 16.8. The Hall–Kier alpha value is -1.93. The van der Waals surface area contributed by atoms with Gasteiger partial charge in [-0.15, -0.1) is 0 Å². The highest BCUT2D eigenvalue weighted by molar-refractivity contribution is 5.90. The Morgan fingerprint density at radius 3 is 2.22 bits per heavy atom. The van der Waals surface area contributed by atoms with Gasteiger partial charge in [0.25, 0.3) is 0 Å². The van der Waals surface area contributed by atoms with Crippen LogP contribution in [0.15, 0.2) is 10.6 Å². The molecule has 0 unspecified atom stereocenters. The molecule has 1 aromatic rings. The summed E-state index contributed by atoms with van der Waals surface area (Å²) in [6.45, 7) is 9.50. The Morgan fingerprint density at radius 2 is 1.74 bits per heavy atom. The molecule has 2 heterocycles. The van der Waals surface area contributed by atoms with Crippen LogP contribution in [0.2, 0.25) is 0 Å². The monoisotopic (exact) mass is 323 g/mol. The van der Waals surface area contributed by atoms with Crippen LogP contribution in [0.25, 0.3) is 0 Å². The number of nitrogens with zero attached hydrogens (tertiary/aromatic N) is 3. The predicted molar refractivity (Wildman–Crippen MR) is 86.0 cm³/mol. The molecule has 0 saturated carbocycles. The highest BCUT2D eigenvalue weighted by Gasteiger charge is 2.21. The first-order valence-corrected chi connectivity index (χ1v) is 7.89. The molecule has 1 aromatic heterocycles. The first-order valence-electron chi connectivity index (χ1n) is 7.89. The summed E-state index contributed by atoms with van der Waals surface area (Å²) in [7, 11) is 0. The summed E-state index contributed by atoms with van der Waals surface area (Å²) in [6, 6.07) is 1.84. The third kappa shape index (κ3) is 5.99. The molecule has 0 bridgehead atoms. The standard InChI is InChI=1S/C15H25N5O3/c1-11(2)16-13(21)9-19-4-6-20(7-5-19)10-14(22)17-15-8-12(3)18-23-15/h8,11H,4-7,9-10H2,1-3H3,(H,16,21)(H,17,22). The summed E-state index contributed by atoms with van der Waals surface area (Å²) in [5.74, 6) is 0.301. The number of hydrogen-bond acceptors (Lipinski definition) is 6. The minimum absolute atomic E-state index is 0.0480. The van der Waals surface area contributed by atoms with Crippen molar-refractivity contribution in [3.8, 4) is 0 Å². The average molecular weight is 323 g/mol. The number of anilines is 1. The summed E-state index contributed by atoms with van der Waals surface area (Å²) in [4.78, 5) is 27.9. The maximum Gasteiger partial charge on any atom is 0.240 e. The third-order valence-corrected chi connectivity index (χ3v) is 3.54. The van der Waals surface area contributed by atoms with Gasteiger partial charge in [-0.2, -0.15) is 0 Å². The van der Waals surface area contributed by atoms with Crippen molar-refractivity contribution in [1.29, 1.82) is 0 Å². The second-order valence-electron chi connectivity index (χ2n) is 6.16. The first-order chi connectivity index (χ1) is 10.9. The van der Waals surface area contributed by atoms with E-state index in [0.29, 0.717) is 19.0 Å². The summed E-state index contributed by atoms with van der Waals surface area (Å²) >= 11 is 0. The lowest BCUT2D eigenvalue weighted by molar-refractivity contribution is -0.124. The number of aromatic nitrogens is 1. The lowest BCUT2D eigenvalue weighted by atomic mass is 10.3. The molecule has 1 fully saturated rings. The summed E-state index contributed by atoms with van der Waals surface area (Å²) in [6.07, 6.45) is 0. The van der Waals surface area contributed by atoms with Gasteiger partial charge in [0.2, 0.25) is 17.7 Å². The molecule has 1 aliphatic rings. The van der Waals surface area contributed by atoms with E-state index in [-0.39, 0.29) is 17.9 Å². The van der Waals surface area contributed by atoms with Gasteiger partial charge in [-0.05, 0) is 20.8 Å². The number of nitrogens with one attached hydrogen (secondary N) is 2. The van der Waals surface area contributed by atoms with Crippen molar-refractivity contribution in [2.45, 2.75) is 26.8 Å². The second kappa shape index (κ2) is 8.07.